The summed E-state index contributed by atoms with van der Waals surface area (Å²) in [5.41, 5.74) is 2.01. The molecule has 0 bridgehead atoms. The smallest absolute Gasteiger partial charge is 0.329 e. The Morgan fingerprint density at radius 3 is 2.49 bits per heavy atom. The third kappa shape index (κ3) is 13.1. The molecule has 3 aromatic rings. The minimum Gasteiger partial charge on any atom is -0.493 e. The van der Waals surface area contributed by atoms with Gasteiger partial charge in [-0.05, 0) is 98.9 Å². The molecule has 19 nitrogen and oxygen atoms in total. The van der Waals surface area contributed by atoms with Gasteiger partial charge in [-0.25, -0.2) is 19.6 Å². The van der Waals surface area contributed by atoms with Crippen molar-refractivity contribution < 1.29 is 56.4 Å². The van der Waals surface area contributed by atoms with Gasteiger partial charge in [-0.1, -0.05) is 52.0 Å². The highest BCUT2D eigenvalue weighted by Gasteiger charge is 2.59. The number of pyridine rings is 1. The molecule has 3 fully saturated rings. The average Bonchev–Trinajstić information content (AvgIpc) is 3.88. The van der Waals surface area contributed by atoms with Crippen LogP contribution in [0.15, 0.2) is 71.4 Å². The number of amides is 2. The molecule has 5 heterocycles. The zero-order chi connectivity index (χ0) is 53.5. The summed E-state index contributed by atoms with van der Waals surface area (Å²) in [7, 11) is -0.813. The lowest BCUT2D eigenvalue weighted by Gasteiger charge is -2.46. The third-order valence-corrected chi connectivity index (χ3v) is 16.9. The number of hydrogen-bond donors (Lipinski definition) is 4. The first-order chi connectivity index (χ1) is 35.3. The summed E-state index contributed by atoms with van der Waals surface area (Å²) in [5, 5.41) is 18.9. The Balaban J connectivity index is 0.974. The summed E-state index contributed by atoms with van der Waals surface area (Å²) in [6.07, 6.45) is 4.70. The standard InChI is InChI=1S/C53H71N7O12S2/c1-8-53(4,5)49(63)51(65)59-22-10-9-14-40(59)52(66)72-42(18-15-34-16-19-43(69-6)44(24-34)70-7)36-12-11-13-38(25-36)71-23-21-55-45-20-17-35(27-56-45)29-58-30-39(26-37(58)28-57-74(54,67)68)73-48-32(2)47-46(33(3)62)50(64)60(47)41(48)31-61/h11-13,16-17,19-20,24-25,27,31-33,37,39-40,42,46-47,57,62H,8-10,14-15,18,21-23,26,28-30H2,1-7H3,(H,55,56)(H2,54,67,68)/t32-,33-,37+,39+,40+,42-,46-,47-/m1/s1. The lowest BCUT2D eigenvalue weighted by Crippen LogP contribution is -2.63. The van der Waals surface area contributed by atoms with Crippen molar-refractivity contribution >= 4 is 57.6 Å². The molecule has 3 saturated heterocycles. The number of benzene rings is 2. The number of esters is 1. The van der Waals surface area contributed by atoms with Crippen LogP contribution in [-0.2, 0) is 51.9 Å². The Morgan fingerprint density at radius 2 is 1.81 bits per heavy atom. The number of aromatic nitrogens is 1. The van der Waals surface area contributed by atoms with Crippen LogP contribution in [0, 0.1) is 17.3 Å². The number of aryl methyl sites for hydroxylation is 1. The largest absolute Gasteiger partial charge is 0.493 e. The van der Waals surface area contributed by atoms with Crippen molar-refractivity contribution in [2.24, 2.45) is 22.4 Å². The van der Waals surface area contributed by atoms with Gasteiger partial charge >= 0.3 is 5.97 Å². The number of nitrogens with one attached hydrogen (secondary N) is 2. The number of nitrogens with two attached hydrogens (primary N) is 1. The van der Waals surface area contributed by atoms with Crippen molar-refractivity contribution in [3.63, 3.8) is 0 Å². The van der Waals surface area contributed by atoms with E-state index in [0.717, 1.165) is 16.0 Å². The second-order valence-corrected chi connectivity index (χ2v) is 22.9. The summed E-state index contributed by atoms with van der Waals surface area (Å²) in [6, 6.07) is 15.4. The van der Waals surface area contributed by atoms with Crippen LogP contribution in [0.1, 0.15) is 95.9 Å². The maximum atomic E-state index is 14.1. The molecule has 74 heavy (non-hydrogen) atoms. The molecule has 0 spiro atoms. The second-order valence-electron chi connectivity index (χ2n) is 20.2. The fourth-order valence-electron chi connectivity index (χ4n) is 10.3. The molecule has 0 radical (unpaired) electrons. The molecule has 4 aliphatic rings. The number of aldehydes is 1. The van der Waals surface area contributed by atoms with Gasteiger partial charge in [0, 0.05) is 59.9 Å². The molecule has 2 aromatic carbocycles. The first kappa shape index (κ1) is 56.2. The number of rotatable bonds is 25. The van der Waals surface area contributed by atoms with E-state index in [9.17, 15) is 37.5 Å². The van der Waals surface area contributed by atoms with Crippen LogP contribution in [0.25, 0.3) is 0 Å². The highest BCUT2D eigenvalue weighted by molar-refractivity contribution is 8.03. The average molecular weight is 1060 g/mol. The van der Waals surface area contributed by atoms with Gasteiger partial charge in [0.15, 0.2) is 17.8 Å². The van der Waals surface area contributed by atoms with E-state index in [1.165, 1.54) is 21.6 Å². The maximum absolute atomic E-state index is 14.1. The lowest BCUT2D eigenvalue weighted by atomic mass is 9.79. The minimum atomic E-state index is -3.95. The predicted octanol–water partition coefficient (Wildman–Crippen LogP) is 4.93. The van der Waals surface area contributed by atoms with Gasteiger partial charge in [-0.15, -0.1) is 11.8 Å². The number of fused-ring (bicyclic) bond motifs is 1. The number of carbonyl (C=O) groups is 5. The van der Waals surface area contributed by atoms with Crippen LogP contribution in [0.4, 0.5) is 5.82 Å². The summed E-state index contributed by atoms with van der Waals surface area (Å²) < 4.78 is 49.8. The zero-order valence-electron chi connectivity index (χ0n) is 43.3. The van der Waals surface area contributed by atoms with E-state index in [1.54, 1.807) is 41.2 Å². The Kier molecular flexibility index (Phi) is 18.5. The first-order valence-electron chi connectivity index (χ1n) is 25.3. The van der Waals surface area contributed by atoms with Crippen LogP contribution in [0.3, 0.4) is 0 Å². The van der Waals surface area contributed by atoms with Gasteiger partial charge in [0.05, 0.1) is 44.5 Å². The van der Waals surface area contributed by atoms with Crippen molar-refractivity contribution in [3.8, 4) is 17.2 Å². The van der Waals surface area contributed by atoms with Gasteiger partial charge in [0.25, 0.3) is 16.1 Å². The molecule has 1 aromatic heterocycles. The number of carbonyl (C=O) groups excluding carboxylic acids is 5. The van der Waals surface area contributed by atoms with E-state index >= 15 is 0 Å². The van der Waals surface area contributed by atoms with E-state index in [4.69, 9.17) is 24.1 Å². The molecule has 21 heteroatoms. The molecular weight excluding hydrogens is 991 g/mol. The Hall–Kier alpha value is -5.58. The number of aliphatic hydroxyl groups excluding tert-OH is 1. The van der Waals surface area contributed by atoms with Crippen LogP contribution >= 0.6 is 11.8 Å². The number of aliphatic hydroxyl groups is 1. The fourth-order valence-corrected chi connectivity index (χ4v) is 12.3. The van der Waals surface area contributed by atoms with E-state index in [2.05, 4.69) is 19.9 Å². The Bertz CT molecular complexity index is 2670. The number of likely N-dealkylation sites (tertiary alicyclic amines) is 2. The van der Waals surface area contributed by atoms with Crippen LogP contribution in [0.5, 0.6) is 17.2 Å². The quantitative estimate of drug-likeness (QED) is 0.0289. The van der Waals surface area contributed by atoms with Crippen molar-refractivity contribution in [3.05, 3.63) is 88.1 Å². The molecule has 0 aliphatic carbocycles. The van der Waals surface area contributed by atoms with Gasteiger partial charge in [0.1, 0.15) is 30.3 Å². The van der Waals surface area contributed by atoms with Crippen molar-refractivity contribution in [1.82, 2.24) is 24.4 Å². The number of Topliss-reactive ketones (excluding diaryl/α,β-unsaturated/α-hetero) is 1. The minimum absolute atomic E-state index is 0.0198. The Morgan fingerprint density at radius 1 is 1.05 bits per heavy atom. The van der Waals surface area contributed by atoms with Crippen molar-refractivity contribution in [2.75, 3.05) is 52.3 Å². The number of hydrogen-bond acceptors (Lipinski definition) is 16. The number of allylic oxidation sites excluding steroid dienone is 1. The van der Waals surface area contributed by atoms with Gasteiger partial charge in [0.2, 0.25) is 11.7 Å². The molecule has 0 saturated carbocycles. The van der Waals surface area contributed by atoms with E-state index in [1.807, 2.05) is 68.4 Å². The monoisotopic (exact) mass is 1060 g/mol. The van der Waals surface area contributed by atoms with Crippen molar-refractivity contribution in [1.29, 1.82) is 0 Å². The van der Waals surface area contributed by atoms with Crippen LogP contribution < -0.4 is 29.4 Å². The summed E-state index contributed by atoms with van der Waals surface area (Å²) in [6.45, 7) is 11.0. The molecule has 0 unspecified atom stereocenters. The van der Waals surface area contributed by atoms with Gasteiger partial charge in [-0.2, -0.15) is 8.42 Å². The molecule has 5 N–H and O–H groups in total. The summed E-state index contributed by atoms with van der Waals surface area (Å²) in [5.74, 6) is -0.356. The highest BCUT2D eigenvalue weighted by atomic mass is 32.2. The van der Waals surface area contributed by atoms with E-state index in [0.29, 0.717) is 112 Å². The van der Waals surface area contributed by atoms with Gasteiger partial charge in [-0.3, -0.25) is 24.1 Å². The second kappa shape index (κ2) is 24.4. The number of thioether (sulfide) groups is 1. The molecule has 4 aliphatic heterocycles. The summed E-state index contributed by atoms with van der Waals surface area (Å²) >= 11 is 1.53. The van der Waals surface area contributed by atoms with Gasteiger partial charge < -0.3 is 39.2 Å². The number of anilines is 1. The number of β-lactam (4-membered cyclic amide) rings is 1. The molecular formula is C53H71N7O12S2. The number of methoxy groups -OCH3 is 2. The maximum Gasteiger partial charge on any atom is 0.329 e. The summed E-state index contributed by atoms with van der Waals surface area (Å²) in [4.78, 5) is 76.7. The van der Waals surface area contributed by atoms with E-state index < -0.39 is 57.5 Å². The SMILES string of the molecule is CCC(C)(C)C(=O)C(=O)N1CCCC[C@H]1C(=O)O[C@H](CCc1ccc(OC)c(OC)c1)c1cccc(OCCNc2ccc(CN3C[C@@H](SC4=C(C=O)N5C(=O)[C@H]([C@@H](C)O)[C@H]5[C@H]4C)C[C@H]3CNS(N)(=O)=O)cn2)c1. The Labute approximate surface area is 438 Å². The first-order valence-corrected chi connectivity index (χ1v) is 27.8. The molecule has 7 rings (SSSR count). The fraction of sp³-hybridized carbons (Fsp3) is 0.547. The zero-order valence-corrected chi connectivity index (χ0v) is 44.9. The van der Waals surface area contributed by atoms with E-state index in [-0.39, 0.29) is 42.3 Å². The number of ketones is 1. The molecule has 8 atom stereocenters. The lowest BCUT2D eigenvalue weighted by molar-refractivity contribution is -0.164. The molecule has 2 amide bonds. The third-order valence-electron chi connectivity index (χ3n) is 14.8. The number of piperidine rings is 1. The number of nitrogens with zero attached hydrogens (tertiary/aromatic N) is 4. The van der Waals surface area contributed by atoms with Crippen LogP contribution in [0.2, 0.25) is 0 Å². The van der Waals surface area contributed by atoms with Crippen LogP contribution in [-0.4, -0.2) is 140 Å². The van der Waals surface area contributed by atoms with Crippen molar-refractivity contribution in [2.45, 2.75) is 122 Å². The molecule has 402 valence electrons. The topological polar surface area (TPSA) is 249 Å². The normalized spacial score (nSPS) is 22.9. The predicted molar refractivity (Wildman–Crippen MR) is 279 cm³/mol. The highest BCUT2D eigenvalue weighted by Crippen LogP contribution is 2.52. The number of ether oxygens (including phenoxy) is 4.